The Morgan fingerprint density at radius 3 is 2.46 bits per heavy atom. The number of nitrogens with one attached hydrogen (secondary N) is 2. The predicted molar refractivity (Wildman–Crippen MR) is 75.2 cm³/mol. The fourth-order valence-corrected chi connectivity index (χ4v) is 1.99. The van der Waals surface area contributed by atoms with E-state index >= 15 is 0 Å². The van der Waals surface area contributed by atoms with Crippen LogP contribution in [0.1, 0.15) is 6.42 Å². The zero-order valence-electron chi connectivity index (χ0n) is 12.4. The smallest absolute Gasteiger partial charge is 0.406 e. The van der Waals surface area contributed by atoms with E-state index in [2.05, 4.69) is 15.4 Å². The second kappa shape index (κ2) is 7.05. The molecular weight excluding hydrogens is 333 g/mol. The molecule has 132 valence electrons. The molecule has 1 fully saturated rings. The third kappa shape index (κ3) is 5.39. The van der Waals surface area contributed by atoms with Gasteiger partial charge in [-0.1, -0.05) is 0 Å². The van der Waals surface area contributed by atoms with Gasteiger partial charge in [-0.2, -0.15) is 0 Å². The van der Waals surface area contributed by atoms with Crippen LogP contribution in [-0.2, 0) is 14.3 Å². The summed E-state index contributed by atoms with van der Waals surface area (Å²) < 4.78 is 44.8. The highest BCUT2D eigenvalue weighted by Gasteiger charge is 2.33. The minimum atomic E-state index is -4.81. The number of ether oxygens (including phenoxy) is 2. The van der Waals surface area contributed by atoms with E-state index in [-0.39, 0.29) is 18.8 Å². The predicted octanol–water partition coefficient (Wildman–Crippen LogP) is 0.791. The van der Waals surface area contributed by atoms with Gasteiger partial charge in [0.1, 0.15) is 11.4 Å². The Morgan fingerprint density at radius 1 is 1.25 bits per heavy atom. The van der Waals surface area contributed by atoms with Crippen molar-refractivity contribution in [3.63, 3.8) is 0 Å². The van der Waals surface area contributed by atoms with Crippen LogP contribution in [-0.4, -0.2) is 48.6 Å². The van der Waals surface area contributed by atoms with Gasteiger partial charge in [-0.3, -0.25) is 9.59 Å². The van der Waals surface area contributed by atoms with Crippen LogP contribution in [0.5, 0.6) is 5.75 Å². The van der Waals surface area contributed by atoms with Crippen molar-refractivity contribution in [3.05, 3.63) is 24.3 Å². The molecule has 1 aliphatic heterocycles. The number of anilines is 1. The molecule has 0 radical (unpaired) electrons. The lowest BCUT2D eigenvalue weighted by Crippen LogP contribution is -2.46. The first-order valence-electron chi connectivity index (χ1n) is 6.92. The number of rotatable bonds is 4. The van der Waals surface area contributed by atoms with E-state index in [9.17, 15) is 27.9 Å². The molecule has 1 atom stereocenters. The summed E-state index contributed by atoms with van der Waals surface area (Å²) in [4.78, 5) is 23.3. The first kappa shape index (κ1) is 18.0. The maximum atomic E-state index is 12.0. The van der Waals surface area contributed by atoms with Crippen molar-refractivity contribution in [2.24, 2.45) is 0 Å². The van der Waals surface area contributed by atoms with E-state index in [0.717, 1.165) is 24.3 Å². The number of carbonyl (C=O) groups excluding carboxylic acids is 2. The number of aliphatic hydroxyl groups is 1. The number of alkyl halides is 3. The number of amides is 2. The molecule has 2 rings (SSSR count). The average molecular weight is 348 g/mol. The SMILES string of the molecule is O=C(NC[C@@]1(O)CCOC1)C(=O)Nc1ccc(OC(F)(F)F)cc1. The summed E-state index contributed by atoms with van der Waals surface area (Å²) in [5.74, 6) is -2.44. The van der Waals surface area contributed by atoms with Gasteiger partial charge in [0.05, 0.1) is 6.61 Å². The molecule has 7 nitrogen and oxygen atoms in total. The zero-order valence-corrected chi connectivity index (χ0v) is 12.4. The Hall–Kier alpha value is -2.33. The summed E-state index contributed by atoms with van der Waals surface area (Å²) >= 11 is 0. The molecule has 3 N–H and O–H groups in total. The van der Waals surface area contributed by atoms with Crippen LogP contribution in [0.15, 0.2) is 24.3 Å². The van der Waals surface area contributed by atoms with Crippen molar-refractivity contribution in [1.82, 2.24) is 5.32 Å². The van der Waals surface area contributed by atoms with E-state index in [1.54, 1.807) is 0 Å². The van der Waals surface area contributed by atoms with E-state index in [0.29, 0.717) is 13.0 Å². The fourth-order valence-electron chi connectivity index (χ4n) is 1.99. The van der Waals surface area contributed by atoms with Crippen molar-refractivity contribution in [2.45, 2.75) is 18.4 Å². The van der Waals surface area contributed by atoms with Gasteiger partial charge in [0.25, 0.3) is 0 Å². The summed E-state index contributed by atoms with van der Waals surface area (Å²) in [7, 11) is 0. The van der Waals surface area contributed by atoms with Gasteiger partial charge in [-0.05, 0) is 24.3 Å². The number of carbonyl (C=O) groups is 2. The van der Waals surface area contributed by atoms with Crippen molar-refractivity contribution in [1.29, 1.82) is 0 Å². The molecular formula is C14H15F3N2O5. The van der Waals surface area contributed by atoms with Crippen molar-refractivity contribution in [3.8, 4) is 5.75 Å². The Bertz CT molecular complexity index is 597. The molecule has 1 aliphatic rings. The molecule has 1 heterocycles. The summed E-state index contributed by atoms with van der Waals surface area (Å²) in [6.07, 6.45) is -4.47. The highest BCUT2D eigenvalue weighted by Crippen LogP contribution is 2.24. The van der Waals surface area contributed by atoms with Gasteiger partial charge >= 0.3 is 18.2 Å². The lowest BCUT2D eigenvalue weighted by Gasteiger charge is -2.20. The largest absolute Gasteiger partial charge is 0.573 e. The quantitative estimate of drug-likeness (QED) is 0.699. The molecule has 0 aromatic heterocycles. The molecule has 0 saturated carbocycles. The number of hydrogen-bond acceptors (Lipinski definition) is 5. The summed E-state index contributed by atoms with van der Waals surface area (Å²) in [5, 5.41) is 14.4. The lowest BCUT2D eigenvalue weighted by atomic mass is 10.0. The molecule has 0 aliphatic carbocycles. The first-order valence-corrected chi connectivity index (χ1v) is 6.92. The minimum absolute atomic E-state index is 0.0650. The van der Waals surface area contributed by atoms with Crippen molar-refractivity contribution >= 4 is 17.5 Å². The van der Waals surface area contributed by atoms with Gasteiger partial charge in [0.2, 0.25) is 0 Å². The molecule has 0 spiro atoms. The normalized spacial score (nSPS) is 20.5. The molecule has 0 unspecified atom stereocenters. The van der Waals surface area contributed by atoms with Crippen molar-refractivity contribution < 1.29 is 37.3 Å². The van der Waals surface area contributed by atoms with Crippen LogP contribution in [0.4, 0.5) is 18.9 Å². The van der Waals surface area contributed by atoms with Crippen LogP contribution in [0.3, 0.4) is 0 Å². The molecule has 2 amide bonds. The maximum Gasteiger partial charge on any atom is 0.573 e. The van der Waals surface area contributed by atoms with E-state index in [1.165, 1.54) is 0 Å². The third-order valence-corrected chi connectivity index (χ3v) is 3.21. The summed E-state index contributed by atoms with van der Waals surface area (Å²) in [6.45, 7) is 0.290. The number of benzene rings is 1. The second-order valence-electron chi connectivity index (χ2n) is 5.24. The van der Waals surface area contributed by atoms with Crippen LogP contribution >= 0.6 is 0 Å². The molecule has 1 saturated heterocycles. The first-order chi connectivity index (χ1) is 11.2. The summed E-state index contributed by atoms with van der Waals surface area (Å²) in [5.41, 5.74) is -1.08. The van der Waals surface area contributed by atoms with Crippen LogP contribution in [0, 0.1) is 0 Å². The molecule has 10 heteroatoms. The lowest BCUT2D eigenvalue weighted by molar-refractivity contribution is -0.274. The van der Waals surface area contributed by atoms with Crippen LogP contribution < -0.4 is 15.4 Å². The Morgan fingerprint density at radius 2 is 1.92 bits per heavy atom. The Labute approximate surface area is 134 Å². The Balaban J connectivity index is 1.83. The molecule has 1 aromatic rings. The second-order valence-corrected chi connectivity index (χ2v) is 5.24. The van der Waals surface area contributed by atoms with Crippen LogP contribution in [0.25, 0.3) is 0 Å². The van der Waals surface area contributed by atoms with Crippen LogP contribution in [0.2, 0.25) is 0 Å². The summed E-state index contributed by atoms with van der Waals surface area (Å²) in [6, 6.07) is 4.31. The minimum Gasteiger partial charge on any atom is -0.406 e. The maximum absolute atomic E-state index is 12.0. The monoisotopic (exact) mass is 348 g/mol. The highest BCUT2D eigenvalue weighted by molar-refractivity contribution is 6.39. The highest BCUT2D eigenvalue weighted by atomic mass is 19.4. The fraction of sp³-hybridized carbons (Fsp3) is 0.429. The van der Waals surface area contributed by atoms with Gasteiger partial charge in [0.15, 0.2) is 0 Å². The molecule has 0 bridgehead atoms. The van der Waals surface area contributed by atoms with Crippen molar-refractivity contribution in [2.75, 3.05) is 25.1 Å². The van der Waals surface area contributed by atoms with Gasteiger partial charge in [-0.25, -0.2) is 0 Å². The zero-order chi connectivity index (χ0) is 17.8. The Kier molecular flexibility index (Phi) is 5.30. The van der Waals surface area contributed by atoms with Gasteiger partial charge < -0.3 is 25.2 Å². The topological polar surface area (TPSA) is 96.9 Å². The average Bonchev–Trinajstić information content (AvgIpc) is 2.92. The number of halogens is 3. The molecule has 1 aromatic carbocycles. The van der Waals surface area contributed by atoms with E-state index < -0.39 is 29.5 Å². The third-order valence-electron chi connectivity index (χ3n) is 3.21. The van der Waals surface area contributed by atoms with E-state index in [1.807, 2.05) is 0 Å². The van der Waals surface area contributed by atoms with Gasteiger partial charge in [0, 0.05) is 25.3 Å². The van der Waals surface area contributed by atoms with E-state index in [4.69, 9.17) is 4.74 Å². The number of hydrogen-bond donors (Lipinski definition) is 3. The van der Waals surface area contributed by atoms with Gasteiger partial charge in [-0.15, -0.1) is 13.2 Å². The molecule has 24 heavy (non-hydrogen) atoms. The standard InChI is InChI=1S/C14H15F3N2O5/c15-14(16,17)24-10-3-1-9(2-4-10)19-12(21)11(20)18-7-13(22)5-6-23-8-13/h1-4,22H,5-8H2,(H,18,20)(H,19,21)/t13-/m0/s1.